The molecule has 0 aliphatic carbocycles. The van der Waals surface area contributed by atoms with Gasteiger partial charge in [-0.15, -0.1) is 0 Å². The Balaban J connectivity index is 1.75. The predicted octanol–water partition coefficient (Wildman–Crippen LogP) is 1.57. The van der Waals surface area contributed by atoms with E-state index in [-0.39, 0.29) is 29.3 Å². The fraction of sp³-hybridized carbons (Fsp3) is 0.263. The molecule has 0 bridgehead atoms. The number of carbonyl (C=O) groups excluding carboxylic acids is 1. The third kappa shape index (κ3) is 4.56. The van der Waals surface area contributed by atoms with Crippen molar-refractivity contribution < 1.29 is 23.1 Å². The summed E-state index contributed by atoms with van der Waals surface area (Å²) in [5.41, 5.74) is 3.90. The number of rotatable bonds is 5. The molecule has 1 aliphatic rings. The second-order valence-corrected chi connectivity index (χ2v) is 8.17. The molecular weight excluding hydrogens is 382 g/mol. The highest BCUT2D eigenvalue weighted by atomic mass is 32.2. The Labute approximate surface area is 163 Å². The smallest absolute Gasteiger partial charge is 0.271 e. The summed E-state index contributed by atoms with van der Waals surface area (Å²) in [4.78, 5) is 12.5. The van der Waals surface area contributed by atoms with Crippen molar-refractivity contribution in [3.8, 4) is 5.75 Å². The van der Waals surface area contributed by atoms with E-state index in [0.717, 1.165) is 5.56 Å². The molecule has 2 N–H and O–H groups in total. The zero-order valence-electron chi connectivity index (χ0n) is 15.3. The fourth-order valence-corrected chi connectivity index (χ4v) is 4.15. The average Bonchev–Trinajstić information content (AvgIpc) is 2.73. The maximum absolute atomic E-state index is 12.7. The minimum absolute atomic E-state index is 0.0567. The van der Waals surface area contributed by atoms with Crippen LogP contribution in [-0.2, 0) is 14.8 Å². The quantitative estimate of drug-likeness (QED) is 0.582. The zero-order valence-corrected chi connectivity index (χ0v) is 16.1. The van der Waals surface area contributed by atoms with E-state index in [1.54, 1.807) is 19.1 Å². The summed E-state index contributed by atoms with van der Waals surface area (Å²) in [6.07, 6.45) is 0. The lowest BCUT2D eigenvalue weighted by atomic mass is 10.1. The summed E-state index contributed by atoms with van der Waals surface area (Å²) in [6.45, 7) is 2.99. The summed E-state index contributed by atoms with van der Waals surface area (Å²) in [6, 6.07) is 12.3. The molecule has 28 heavy (non-hydrogen) atoms. The molecule has 9 heteroatoms. The van der Waals surface area contributed by atoms with E-state index < -0.39 is 15.9 Å². The molecule has 3 rings (SSSR count). The van der Waals surface area contributed by atoms with Crippen LogP contribution in [0.3, 0.4) is 0 Å². The van der Waals surface area contributed by atoms with E-state index in [0.29, 0.717) is 18.9 Å². The summed E-state index contributed by atoms with van der Waals surface area (Å²) in [5.74, 6) is -0.379. The Hall–Kier alpha value is -2.75. The third-order valence-electron chi connectivity index (χ3n) is 4.31. The van der Waals surface area contributed by atoms with Crippen LogP contribution >= 0.6 is 0 Å². The van der Waals surface area contributed by atoms with E-state index in [9.17, 15) is 18.3 Å². The highest BCUT2D eigenvalue weighted by molar-refractivity contribution is 7.89. The molecule has 1 saturated heterocycles. The summed E-state index contributed by atoms with van der Waals surface area (Å²) >= 11 is 0. The molecule has 0 spiro atoms. The Kier molecular flexibility index (Phi) is 6.08. The van der Waals surface area contributed by atoms with Crippen LogP contribution in [0.4, 0.5) is 0 Å². The number of benzene rings is 2. The first-order chi connectivity index (χ1) is 13.4. The second kappa shape index (κ2) is 8.51. The minimum Gasteiger partial charge on any atom is -0.508 e. The molecule has 0 unspecified atom stereocenters. The number of phenolic OH excluding ortho intramolecular Hbond substituents is 1. The van der Waals surface area contributed by atoms with Crippen LogP contribution in [0.2, 0.25) is 0 Å². The van der Waals surface area contributed by atoms with Gasteiger partial charge in [-0.25, -0.2) is 13.8 Å². The summed E-state index contributed by atoms with van der Waals surface area (Å²) in [5, 5.41) is 13.4. The molecule has 1 aliphatic heterocycles. The topological polar surface area (TPSA) is 108 Å². The molecule has 1 fully saturated rings. The van der Waals surface area contributed by atoms with Gasteiger partial charge in [0.1, 0.15) is 5.75 Å². The molecule has 0 atom stereocenters. The molecule has 0 radical (unpaired) electrons. The number of aromatic hydroxyl groups is 1. The molecule has 1 amide bonds. The maximum atomic E-state index is 12.7. The van der Waals surface area contributed by atoms with Crippen LogP contribution in [0.25, 0.3) is 0 Å². The lowest BCUT2D eigenvalue weighted by Crippen LogP contribution is -2.40. The van der Waals surface area contributed by atoms with E-state index in [4.69, 9.17) is 4.74 Å². The van der Waals surface area contributed by atoms with Crippen LogP contribution in [0.15, 0.2) is 58.5 Å². The molecule has 1 heterocycles. The standard InChI is InChI=1S/C19H21N3O5S/c1-14(15-5-7-17(23)8-6-15)20-21-19(24)16-3-2-4-18(13-16)28(25,26)22-9-11-27-12-10-22/h2-8,13,23H,9-12H2,1H3,(H,21,24)/b20-14+. The van der Waals surface area contributed by atoms with Gasteiger partial charge in [0.2, 0.25) is 10.0 Å². The van der Waals surface area contributed by atoms with Gasteiger partial charge in [0.15, 0.2) is 0 Å². The first-order valence-corrected chi connectivity index (χ1v) is 10.1. The number of morpholine rings is 1. The molecule has 0 saturated carbocycles. The van der Waals surface area contributed by atoms with E-state index >= 15 is 0 Å². The number of ether oxygens (including phenoxy) is 1. The number of carbonyl (C=O) groups is 1. The lowest BCUT2D eigenvalue weighted by molar-refractivity contribution is 0.0730. The van der Waals surface area contributed by atoms with Gasteiger partial charge in [-0.2, -0.15) is 9.41 Å². The SMILES string of the molecule is C/C(=N\NC(=O)c1cccc(S(=O)(=O)N2CCOCC2)c1)c1ccc(O)cc1. The summed E-state index contributed by atoms with van der Waals surface area (Å²) < 4.78 is 32.0. The van der Waals surface area contributed by atoms with Crippen molar-refractivity contribution in [2.75, 3.05) is 26.3 Å². The van der Waals surface area contributed by atoms with Gasteiger partial charge in [0.25, 0.3) is 5.91 Å². The van der Waals surface area contributed by atoms with Gasteiger partial charge in [-0.05, 0) is 55.0 Å². The Morgan fingerprint density at radius 1 is 1.11 bits per heavy atom. The number of hydrogen-bond donors (Lipinski definition) is 2. The predicted molar refractivity (Wildman–Crippen MR) is 104 cm³/mol. The van der Waals surface area contributed by atoms with Crippen molar-refractivity contribution in [3.63, 3.8) is 0 Å². The van der Waals surface area contributed by atoms with Crippen LogP contribution in [0, 0.1) is 0 Å². The largest absolute Gasteiger partial charge is 0.508 e. The van der Waals surface area contributed by atoms with Gasteiger partial charge in [0, 0.05) is 18.7 Å². The Morgan fingerprint density at radius 3 is 2.46 bits per heavy atom. The first-order valence-electron chi connectivity index (χ1n) is 8.70. The highest BCUT2D eigenvalue weighted by Crippen LogP contribution is 2.18. The van der Waals surface area contributed by atoms with E-state index in [1.165, 1.54) is 40.7 Å². The molecule has 148 valence electrons. The number of hydrogen-bond acceptors (Lipinski definition) is 6. The van der Waals surface area contributed by atoms with Gasteiger partial charge >= 0.3 is 0 Å². The van der Waals surface area contributed by atoms with Crippen LogP contribution in [0.1, 0.15) is 22.8 Å². The molecule has 0 aromatic heterocycles. The molecular formula is C19H21N3O5S. The number of nitrogens with zero attached hydrogens (tertiary/aromatic N) is 2. The van der Waals surface area contributed by atoms with Crippen molar-refractivity contribution in [3.05, 3.63) is 59.7 Å². The molecule has 2 aromatic carbocycles. The van der Waals surface area contributed by atoms with Crippen LogP contribution in [0.5, 0.6) is 5.75 Å². The van der Waals surface area contributed by atoms with Crippen molar-refractivity contribution in [2.45, 2.75) is 11.8 Å². The van der Waals surface area contributed by atoms with Gasteiger partial charge in [-0.1, -0.05) is 6.07 Å². The average molecular weight is 403 g/mol. The zero-order chi connectivity index (χ0) is 20.1. The van der Waals surface area contributed by atoms with Gasteiger partial charge in [-0.3, -0.25) is 4.79 Å². The van der Waals surface area contributed by atoms with Crippen LogP contribution in [-0.4, -0.2) is 55.8 Å². The Morgan fingerprint density at radius 2 is 1.79 bits per heavy atom. The number of phenols is 1. The van der Waals surface area contributed by atoms with E-state index in [1.807, 2.05) is 0 Å². The molecule has 8 nitrogen and oxygen atoms in total. The lowest BCUT2D eigenvalue weighted by Gasteiger charge is -2.26. The second-order valence-electron chi connectivity index (χ2n) is 6.23. The van der Waals surface area contributed by atoms with E-state index in [2.05, 4.69) is 10.5 Å². The fourth-order valence-electron chi connectivity index (χ4n) is 2.70. The number of sulfonamides is 1. The van der Waals surface area contributed by atoms with Crippen molar-refractivity contribution >= 4 is 21.6 Å². The van der Waals surface area contributed by atoms with Gasteiger partial charge < -0.3 is 9.84 Å². The number of amides is 1. The van der Waals surface area contributed by atoms with Crippen molar-refractivity contribution in [2.24, 2.45) is 5.10 Å². The summed E-state index contributed by atoms with van der Waals surface area (Å²) in [7, 11) is -3.68. The third-order valence-corrected chi connectivity index (χ3v) is 6.21. The maximum Gasteiger partial charge on any atom is 0.271 e. The number of hydrazone groups is 1. The van der Waals surface area contributed by atoms with Crippen molar-refractivity contribution in [1.82, 2.24) is 9.73 Å². The Bertz CT molecular complexity index is 981. The molecule has 2 aromatic rings. The van der Waals surface area contributed by atoms with Crippen molar-refractivity contribution in [1.29, 1.82) is 0 Å². The minimum atomic E-state index is -3.68. The highest BCUT2D eigenvalue weighted by Gasteiger charge is 2.26. The normalized spacial score (nSPS) is 16.0. The number of nitrogens with one attached hydrogen (secondary N) is 1. The van der Waals surface area contributed by atoms with Crippen LogP contribution < -0.4 is 5.43 Å². The van der Waals surface area contributed by atoms with Gasteiger partial charge in [0.05, 0.1) is 23.8 Å². The first kappa shape index (κ1) is 20.0. The monoisotopic (exact) mass is 403 g/mol.